The number of amides is 1. The van der Waals surface area contributed by atoms with Gasteiger partial charge in [-0.1, -0.05) is 31.2 Å². The van der Waals surface area contributed by atoms with E-state index in [2.05, 4.69) is 34.5 Å². The molecule has 1 aromatic rings. The first kappa shape index (κ1) is 13.1. The van der Waals surface area contributed by atoms with Crippen molar-refractivity contribution in [2.45, 2.75) is 25.9 Å². The maximum Gasteiger partial charge on any atom is 0.235 e. The monoisotopic (exact) mass is 247 g/mol. The van der Waals surface area contributed by atoms with Gasteiger partial charge in [-0.2, -0.15) is 0 Å². The number of carbonyl (C=O) groups is 1. The van der Waals surface area contributed by atoms with Gasteiger partial charge in [-0.15, -0.1) is 0 Å². The molecule has 3 N–H and O–H groups in total. The zero-order chi connectivity index (χ0) is 13.0. The Hall–Kier alpha value is -1.39. The molecule has 1 aliphatic heterocycles. The lowest BCUT2D eigenvalue weighted by atomic mass is 9.99. The van der Waals surface area contributed by atoms with Crippen molar-refractivity contribution in [1.29, 1.82) is 0 Å². The SMILES string of the molecule is CCNC(CN1CCc2ccccc2C1)C(N)=O. The van der Waals surface area contributed by atoms with Gasteiger partial charge in [0.2, 0.25) is 5.91 Å². The van der Waals surface area contributed by atoms with Gasteiger partial charge in [0.25, 0.3) is 0 Å². The average Bonchev–Trinajstić information content (AvgIpc) is 2.38. The van der Waals surface area contributed by atoms with Crippen molar-refractivity contribution in [2.75, 3.05) is 19.6 Å². The van der Waals surface area contributed by atoms with E-state index in [9.17, 15) is 4.79 Å². The highest BCUT2D eigenvalue weighted by molar-refractivity contribution is 5.80. The van der Waals surface area contributed by atoms with E-state index in [0.717, 1.165) is 26.1 Å². The highest BCUT2D eigenvalue weighted by Crippen LogP contribution is 2.18. The number of hydrogen-bond donors (Lipinski definition) is 2. The number of likely N-dealkylation sites (N-methyl/N-ethyl adjacent to an activating group) is 1. The molecule has 0 spiro atoms. The van der Waals surface area contributed by atoms with E-state index in [0.29, 0.717) is 6.54 Å². The van der Waals surface area contributed by atoms with E-state index in [-0.39, 0.29) is 11.9 Å². The van der Waals surface area contributed by atoms with Gasteiger partial charge in [-0.25, -0.2) is 0 Å². The number of primary amides is 1. The van der Waals surface area contributed by atoms with Crippen LogP contribution in [0.4, 0.5) is 0 Å². The second kappa shape index (κ2) is 5.98. The topological polar surface area (TPSA) is 58.4 Å². The third-order valence-electron chi connectivity index (χ3n) is 3.44. The van der Waals surface area contributed by atoms with Gasteiger partial charge in [-0.3, -0.25) is 9.69 Å². The number of carbonyl (C=O) groups excluding carboxylic acids is 1. The Labute approximate surface area is 108 Å². The van der Waals surface area contributed by atoms with Gasteiger partial charge in [-0.05, 0) is 24.1 Å². The van der Waals surface area contributed by atoms with Gasteiger partial charge in [0.05, 0.1) is 6.04 Å². The van der Waals surface area contributed by atoms with Crippen LogP contribution in [-0.2, 0) is 17.8 Å². The summed E-state index contributed by atoms with van der Waals surface area (Å²) < 4.78 is 0. The second-order valence-corrected chi connectivity index (χ2v) is 4.77. The summed E-state index contributed by atoms with van der Waals surface area (Å²) in [5.41, 5.74) is 8.19. The minimum absolute atomic E-state index is 0.250. The van der Waals surface area contributed by atoms with Crippen LogP contribution in [0.15, 0.2) is 24.3 Å². The number of rotatable bonds is 5. The van der Waals surface area contributed by atoms with Crippen LogP contribution in [0.5, 0.6) is 0 Å². The lowest BCUT2D eigenvalue weighted by Gasteiger charge is -2.31. The summed E-state index contributed by atoms with van der Waals surface area (Å²) in [5, 5.41) is 3.14. The van der Waals surface area contributed by atoms with Crippen LogP contribution in [0.1, 0.15) is 18.1 Å². The van der Waals surface area contributed by atoms with Crippen molar-refractivity contribution in [3.63, 3.8) is 0 Å². The van der Waals surface area contributed by atoms with E-state index in [1.54, 1.807) is 0 Å². The molecule has 4 nitrogen and oxygen atoms in total. The molecule has 98 valence electrons. The lowest BCUT2D eigenvalue weighted by molar-refractivity contribution is -0.120. The highest BCUT2D eigenvalue weighted by atomic mass is 16.1. The number of nitrogens with two attached hydrogens (primary N) is 1. The molecule has 1 atom stereocenters. The summed E-state index contributed by atoms with van der Waals surface area (Å²) in [5.74, 6) is -0.268. The largest absolute Gasteiger partial charge is 0.368 e. The summed E-state index contributed by atoms with van der Waals surface area (Å²) in [6, 6.07) is 8.24. The Balaban J connectivity index is 1.98. The van der Waals surface area contributed by atoms with Crippen molar-refractivity contribution in [1.82, 2.24) is 10.2 Å². The molecule has 2 rings (SSSR count). The summed E-state index contributed by atoms with van der Waals surface area (Å²) >= 11 is 0. The van der Waals surface area contributed by atoms with Gasteiger partial charge in [0.15, 0.2) is 0 Å². The zero-order valence-corrected chi connectivity index (χ0v) is 10.9. The minimum atomic E-state index is -0.268. The molecule has 18 heavy (non-hydrogen) atoms. The first-order chi connectivity index (χ1) is 8.70. The molecule has 4 heteroatoms. The first-order valence-corrected chi connectivity index (χ1v) is 6.52. The Morgan fingerprint density at radius 1 is 1.44 bits per heavy atom. The third-order valence-corrected chi connectivity index (χ3v) is 3.44. The number of hydrogen-bond acceptors (Lipinski definition) is 3. The molecule has 1 aromatic carbocycles. The van der Waals surface area contributed by atoms with Crippen molar-refractivity contribution in [2.24, 2.45) is 5.73 Å². The summed E-state index contributed by atoms with van der Waals surface area (Å²) in [4.78, 5) is 13.6. The zero-order valence-electron chi connectivity index (χ0n) is 10.9. The van der Waals surface area contributed by atoms with E-state index < -0.39 is 0 Å². The van der Waals surface area contributed by atoms with Gasteiger partial charge in [0, 0.05) is 19.6 Å². The van der Waals surface area contributed by atoms with Gasteiger partial charge < -0.3 is 11.1 Å². The predicted octanol–water partition coefficient (Wildman–Crippen LogP) is 0.508. The maximum absolute atomic E-state index is 11.3. The molecule has 0 saturated heterocycles. The standard InChI is InChI=1S/C14H21N3O/c1-2-16-13(14(15)18)10-17-8-7-11-5-3-4-6-12(11)9-17/h3-6,13,16H,2,7-10H2,1H3,(H2,15,18). The molecule has 0 fully saturated rings. The van der Waals surface area contributed by atoms with Crippen molar-refractivity contribution >= 4 is 5.91 Å². The molecule has 1 unspecified atom stereocenters. The van der Waals surface area contributed by atoms with E-state index in [1.807, 2.05) is 6.92 Å². The van der Waals surface area contributed by atoms with Crippen molar-refractivity contribution in [3.8, 4) is 0 Å². The molecule has 1 amide bonds. The normalized spacial score (nSPS) is 17.2. The number of benzene rings is 1. The number of nitrogens with one attached hydrogen (secondary N) is 1. The molecule has 1 heterocycles. The highest BCUT2D eigenvalue weighted by Gasteiger charge is 2.21. The predicted molar refractivity (Wildman–Crippen MR) is 72.1 cm³/mol. The Bertz CT molecular complexity index is 419. The second-order valence-electron chi connectivity index (χ2n) is 4.77. The van der Waals surface area contributed by atoms with E-state index >= 15 is 0 Å². The molecule has 0 radical (unpaired) electrons. The van der Waals surface area contributed by atoms with Crippen LogP contribution in [0.3, 0.4) is 0 Å². The smallest absolute Gasteiger partial charge is 0.235 e. The number of nitrogens with zero attached hydrogens (tertiary/aromatic N) is 1. The summed E-state index contributed by atoms with van der Waals surface area (Å²) in [6.07, 6.45) is 1.05. The third kappa shape index (κ3) is 3.09. The lowest BCUT2D eigenvalue weighted by Crippen LogP contribution is -2.49. The summed E-state index contributed by atoms with van der Waals surface area (Å²) in [6.45, 7) is 5.34. The van der Waals surface area contributed by atoms with Crippen LogP contribution >= 0.6 is 0 Å². The molecular formula is C14H21N3O. The van der Waals surface area contributed by atoms with E-state index in [4.69, 9.17) is 5.73 Å². The van der Waals surface area contributed by atoms with Gasteiger partial charge in [0.1, 0.15) is 0 Å². The Morgan fingerprint density at radius 3 is 2.83 bits per heavy atom. The quantitative estimate of drug-likeness (QED) is 0.797. The van der Waals surface area contributed by atoms with Crippen LogP contribution in [0.2, 0.25) is 0 Å². The molecule has 0 aromatic heterocycles. The fourth-order valence-corrected chi connectivity index (χ4v) is 2.47. The average molecular weight is 247 g/mol. The van der Waals surface area contributed by atoms with Crippen molar-refractivity contribution in [3.05, 3.63) is 35.4 Å². The van der Waals surface area contributed by atoms with Crippen LogP contribution in [0, 0.1) is 0 Å². The Kier molecular flexibility index (Phi) is 4.33. The minimum Gasteiger partial charge on any atom is -0.368 e. The molecular weight excluding hydrogens is 226 g/mol. The molecule has 1 aliphatic rings. The van der Waals surface area contributed by atoms with Crippen molar-refractivity contribution < 1.29 is 4.79 Å². The fourth-order valence-electron chi connectivity index (χ4n) is 2.47. The van der Waals surface area contributed by atoms with E-state index in [1.165, 1.54) is 11.1 Å². The summed E-state index contributed by atoms with van der Waals surface area (Å²) in [7, 11) is 0. The molecule has 0 saturated carbocycles. The molecule has 0 bridgehead atoms. The maximum atomic E-state index is 11.3. The van der Waals surface area contributed by atoms with Crippen LogP contribution in [-0.4, -0.2) is 36.5 Å². The fraction of sp³-hybridized carbons (Fsp3) is 0.500. The van der Waals surface area contributed by atoms with Crippen LogP contribution in [0.25, 0.3) is 0 Å². The first-order valence-electron chi connectivity index (χ1n) is 6.52. The van der Waals surface area contributed by atoms with Crippen LogP contribution < -0.4 is 11.1 Å². The number of fused-ring (bicyclic) bond motifs is 1. The molecule has 0 aliphatic carbocycles. The van der Waals surface area contributed by atoms with Gasteiger partial charge >= 0.3 is 0 Å². The Morgan fingerprint density at radius 2 is 2.17 bits per heavy atom.